The molecule has 2 rings (SSSR count). The molecule has 0 amide bonds. The zero-order valence-corrected chi connectivity index (χ0v) is 11.9. The molecule has 2 nitrogen and oxygen atoms in total. The maximum absolute atomic E-state index is 12.5. The first-order chi connectivity index (χ1) is 8.81. The lowest BCUT2D eigenvalue weighted by Crippen LogP contribution is -2.64. The summed E-state index contributed by atoms with van der Waals surface area (Å²) in [5, 5.41) is 3.63. The average molecular weight is 278 g/mol. The van der Waals surface area contributed by atoms with Gasteiger partial charge in [0.2, 0.25) is 0 Å². The topological polar surface area (TPSA) is 15.3 Å². The summed E-state index contributed by atoms with van der Waals surface area (Å²) in [5.74, 6) is 0.388. The van der Waals surface area contributed by atoms with Crippen LogP contribution in [-0.4, -0.2) is 42.3 Å². The van der Waals surface area contributed by atoms with Crippen LogP contribution in [0.4, 0.5) is 13.2 Å². The van der Waals surface area contributed by atoms with Gasteiger partial charge in [-0.25, -0.2) is 0 Å². The molecule has 19 heavy (non-hydrogen) atoms. The van der Waals surface area contributed by atoms with Crippen molar-refractivity contribution in [1.29, 1.82) is 0 Å². The summed E-state index contributed by atoms with van der Waals surface area (Å²) in [4.78, 5) is 2.08. The van der Waals surface area contributed by atoms with E-state index in [2.05, 4.69) is 24.1 Å². The lowest BCUT2D eigenvalue weighted by atomic mass is 9.89. The highest BCUT2D eigenvalue weighted by atomic mass is 19.4. The molecule has 112 valence electrons. The number of nitrogens with zero attached hydrogens (tertiary/aromatic N) is 1. The first-order valence-electron chi connectivity index (χ1n) is 7.37. The minimum atomic E-state index is -4.05. The molecule has 0 bridgehead atoms. The quantitative estimate of drug-likeness (QED) is 0.853. The normalized spacial score (nSPS) is 28.4. The number of piperazine rings is 1. The van der Waals surface area contributed by atoms with E-state index < -0.39 is 12.6 Å². The maximum Gasteiger partial charge on any atom is 0.390 e. The molecule has 1 atom stereocenters. The van der Waals surface area contributed by atoms with E-state index in [0.717, 1.165) is 25.9 Å². The van der Waals surface area contributed by atoms with Gasteiger partial charge in [0, 0.05) is 31.2 Å². The van der Waals surface area contributed by atoms with Crippen LogP contribution in [0.15, 0.2) is 0 Å². The van der Waals surface area contributed by atoms with E-state index in [0.29, 0.717) is 5.92 Å². The van der Waals surface area contributed by atoms with Crippen LogP contribution >= 0.6 is 0 Å². The van der Waals surface area contributed by atoms with Gasteiger partial charge in [0.15, 0.2) is 0 Å². The highest BCUT2D eigenvalue weighted by Gasteiger charge is 2.42. The van der Waals surface area contributed by atoms with Gasteiger partial charge in [-0.1, -0.05) is 26.7 Å². The molecule has 1 N–H and O–H groups in total. The number of rotatable bonds is 3. The Morgan fingerprint density at radius 1 is 1.26 bits per heavy atom. The van der Waals surface area contributed by atoms with Gasteiger partial charge in [-0.3, -0.25) is 4.90 Å². The minimum Gasteiger partial charge on any atom is -0.308 e. The van der Waals surface area contributed by atoms with Crippen molar-refractivity contribution in [1.82, 2.24) is 10.2 Å². The standard InChI is InChI=1S/C14H25F3N2/c1-11(2)12-9-18-13(5-3-4-6-13)10-19(12)8-7-14(15,16)17/h11-12,18H,3-10H2,1-2H3. The lowest BCUT2D eigenvalue weighted by molar-refractivity contribution is -0.141. The maximum atomic E-state index is 12.5. The van der Waals surface area contributed by atoms with E-state index in [-0.39, 0.29) is 18.1 Å². The number of hydrogen-bond donors (Lipinski definition) is 1. The Kier molecular flexibility index (Phi) is 4.45. The molecule has 1 spiro atoms. The van der Waals surface area contributed by atoms with Gasteiger partial charge in [-0.2, -0.15) is 13.2 Å². The molecule has 0 aromatic carbocycles. The van der Waals surface area contributed by atoms with Gasteiger partial charge in [0.05, 0.1) is 6.42 Å². The van der Waals surface area contributed by atoms with Crippen LogP contribution in [0.3, 0.4) is 0 Å². The fourth-order valence-corrected chi connectivity index (χ4v) is 3.57. The Hall–Kier alpha value is -0.290. The van der Waals surface area contributed by atoms with Gasteiger partial charge in [0.25, 0.3) is 0 Å². The van der Waals surface area contributed by atoms with E-state index in [1.807, 2.05) is 0 Å². The summed E-state index contributed by atoms with van der Waals surface area (Å²) in [5.41, 5.74) is 0.0942. The third-order valence-electron chi connectivity index (χ3n) is 4.67. The first kappa shape index (κ1) is 15.1. The van der Waals surface area contributed by atoms with Gasteiger partial charge >= 0.3 is 6.18 Å². The summed E-state index contributed by atoms with van der Waals surface area (Å²) in [7, 11) is 0. The Balaban J connectivity index is 2.00. The zero-order chi connectivity index (χ0) is 14.1. The first-order valence-corrected chi connectivity index (χ1v) is 7.37. The molecule has 1 saturated heterocycles. The minimum absolute atomic E-state index is 0.0942. The molecule has 0 radical (unpaired) electrons. The third-order valence-corrected chi connectivity index (χ3v) is 4.67. The van der Waals surface area contributed by atoms with E-state index in [9.17, 15) is 13.2 Å². The van der Waals surface area contributed by atoms with E-state index >= 15 is 0 Å². The molecule has 5 heteroatoms. The molecule has 1 aliphatic heterocycles. The SMILES string of the molecule is CC(C)C1CNC2(CCCC2)CN1CCC(F)(F)F. The number of halogens is 3. The molecular weight excluding hydrogens is 253 g/mol. The molecule has 1 unspecified atom stereocenters. The largest absolute Gasteiger partial charge is 0.390 e. The van der Waals surface area contributed by atoms with Crippen LogP contribution in [0.1, 0.15) is 46.0 Å². The van der Waals surface area contributed by atoms with E-state index in [1.165, 1.54) is 12.8 Å². The summed E-state index contributed by atoms with van der Waals surface area (Å²) in [6.45, 7) is 5.95. The molecular formula is C14H25F3N2. The second kappa shape index (κ2) is 5.60. The van der Waals surface area contributed by atoms with Crippen LogP contribution in [0.5, 0.6) is 0 Å². The van der Waals surface area contributed by atoms with E-state index in [1.54, 1.807) is 0 Å². The molecule has 0 aromatic heterocycles. The van der Waals surface area contributed by atoms with Gasteiger partial charge in [-0.15, -0.1) is 0 Å². The van der Waals surface area contributed by atoms with Crippen molar-refractivity contribution < 1.29 is 13.2 Å². The summed E-state index contributed by atoms with van der Waals surface area (Å²) < 4.78 is 37.4. The predicted molar refractivity (Wildman–Crippen MR) is 70.1 cm³/mol. The smallest absolute Gasteiger partial charge is 0.308 e. The number of alkyl halides is 3. The lowest BCUT2D eigenvalue weighted by Gasteiger charge is -2.48. The summed E-state index contributed by atoms with van der Waals surface area (Å²) in [6.07, 6.45) is -0.110. The van der Waals surface area contributed by atoms with Crippen molar-refractivity contribution in [2.24, 2.45) is 5.92 Å². The second-order valence-corrected chi connectivity index (χ2v) is 6.52. The highest BCUT2D eigenvalue weighted by Crippen LogP contribution is 2.35. The van der Waals surface area contributed by atoms with Gasteiger partial charge in [0.1, 0.15) is 0 Å². The fraction of sp³-hybridized carbons (Fsp3) is 1.00. The van der Waals surface area contributed by atoms with E-state index in [4.69, 9.17) is 0 Å². The van der Waals surface area contributed by atoms with Crippen LogP contribution in [0.25, 0.3) is 0 Å². The Morgan fingerprint density at radius 3 is 2.42 bits per heavy atom. The Bertz CT molecular complexity index is 296. The van der Waals surface area contributed by atoms with Crippen LogP contribution in [0, 0.1) is 5.92 Å². The molecule has 2 fully saturated rings. The molecule has 1 saturated carbocycles. The third kappa shape index (κ3) is 3.85. The zero-order valence-electron chi connectivity index (χ0n) is 11.9. The van der Waals surface area contributed by atoms with Crippen molar-refractivity contribution in [3.8, 4) is 0 Å². The van der Waals surface area contributed by atoms with Crippen molar-refractivity contribution in [2.75, 3.05) is 19.6 Å². The van der Waals surface area contributed by atoms with Crippen molar-refractivity contribution in [3.63, 3.8) is 0 Å². The number of nitrogens with one attached hydrogen (secondary N) is 1. The Labute approximate surface area is 113 Å². The summed E-state index contributed by atoms with van der Waals surface area (Å²) >= 11 is 0. The molecule has 1 heterocycles. The number of hydrogen-bond acceptors (Lipinski definition) is 2. The van der Waals surface area contributed by atoms with Crippen molar-refractivity contribution >= 4 is 0 Å². The molecule has 2 aliphatic rings. The average Bonchev–Trinajstić information content (AvgIpc) is 2.73. The second-order valence-electron chi connectivity index (χ2n) is 6.52. The van der Waals surface area contributed by atoms with Crippen LogP contribution in [0.2, 0.25) is 0 Å². The summed E-state index contributed by atoms with van der Waals surface area (Å²) in [6, 6.07) is 0.230. The molecule has 0 aromatic rings. The fourth-order valence-electron chi connectivity index (χ4n) is 3.57. The van der Waals surface area contributed by atoms with Gasteiger partial charge in [-0.05, 0) is 18.8 Å². The van der Waals surface area contributed by atoms with Crippen molar-refractivity contribution in [3.05, 3.63) is 0 Å². The van der Waals surface area contributed by atoms with Crippen LogP contribution in [-0.2, 0) is 0 Å². The van der Waals surface area contributed by atoms with Crippen molar-refractivity contribution in [2.45, 2.75) is 63.7 Å². The molecule has 1 aliphatic carbocycles. The van der Waals surface area contributed by atoms with Crippen LogP contribution < -0.4 is 5.32 Å². The Morgan fingerprint density at radius 2 is 1.89 bits per heavy atom. The highest BCUT2D eigenvalue weighted by molar-refractivity contribution is 5.01. The predicted octanol–water partition coefficient (Wildman–Crippen LogP) is 3.18. The van der Waals surface area contributed by atoms with Gasteiger partial charge < -0.3 is 5.32 Å². The monoisotopic (exact) mass is 278 g/mol.